The summed E-state index contributed by atoms with van der Waals surface area (Å²) in [5.41, 5.74) is 3.91. The van der Waals surface area contributed by atoms with Gasteiger partial charge in [-0.3, -0.25) is 19.2 Å². The van der Waals surface area contributed by atoms with Crippen LogP contribution in [0.2, 0.25) is 0 Å². The molecule has 3 amide bonds. The Bertz CT molecular complexity index is 1660. The van der Waals surface area contributed by atoms with Gasteiger partial charge >= 0.3 is 0 Å². The lowest BCUT2D eigenvalue weighted by molar-refractivity contribution is -0.183. The summed E-state index contributed by atoms with van der Waals surface area (Å²) in [6, 6.07) is 10.7. The minimum absolute atomic E-state index is 0.0338. The summed E-state index contributed by atoms with van der Waals surface area (Å²) in [5.74, 6) is 1.14. The van der Waals surface area contributed by atoms with Gasteiger partial charge in [0.15, 0.2) is 0 Å². The molecule has 2 aromatic carbocycles. The van der Waals surface area contributed by atoms with E-state index >= 15 is 0 Å². The number of likely N-dealkylation sites (tertiary alicyclic amines) is 1. The van der Waals surface area contributed by atoms with Crippen LogP contribution in [0.5, 0.6) is 5.75 Å². The fourth-order valence-corrected chi connectivity index (χ4v) is 9.50. The fourth-order valence-electron chi connectivity index (χ4n) is 9.50. The quantitative estimate of drug-likeness (QED) is 0.213. The molecule has 2 bridgehead atoms. The summed E-state index contributed by atoms with van der Waals surface area (Å²) < 4.78 is 6.05. The second kappa shape index (κ2) is 15.9. The second-order valence-electron chi connectivity index (χ2n) is 16.5. The molecule has 8 atom stereocenters. The van der Waals surface area contributed by atoms with Crippen molar-refractivity contribution in [2.24, 2.45) is 29.1 Å². The van der Waals surface area contributed by atoms with Gasteiger partial charge in [-0.1, -0.05) is 39.0 Å². The average Bonchev–Trinajstić information content (AvgIpc) is 3.72. The van der Waals surface area contributed by atoms with Gasteiger partial charge in [-0.15, -0.1) is 0 Å². The third kappa shape index (κ3) is 7.78. The second-order valence-corrected chi connectivity index (χ2v) is 16.5. The highest BCUT2D eigenvalue weighted by Gasteiger charge is 2.57. The van der Waals surface area contributed by atoms with Gasteiger partial charge in [0.1, 0.15) is 17.9 Å². The number of hydrogen-bond acceptors (Lipinski definition) is 9. The lowest BCUT2D eigenvalue weighted by Gasteiger charge is -2.62. The van der Waals surface area contributed by atoms with Crippen LogP contribution in [0.15, 0.2) is 36.4 Å². The normalized spacial score (nSPS) is 28.4. The van der Waals surface area contributed by atoms with E-state index in [2.05, 4.69) is 31.4 Å². The minimum atomic E-state index is -0.904. The summed E-state index contributed by atoms with van der Waals surface area (Å²) in [6.07, 6.45) is 2.63. The van der Waals surface area contributed by atoms with Gasteiger partial charge in [0.25, 0.3) is 5.91 Å². The van der Waals surface area contributed by atoms with Gasteiger partial charge < -0.3 is 35.4 Å². The smallest absolute Gasteiger partial charge is 0.251 e. The first-order valence-electron chi connectivity index (χ1n) is 19.3. The van der Waals surface area contributed by atoms with Crippen molar-refractivity contribution in [3.63, 3.8) is 0 Å². The zero-order valence-corrected chi connectivity index (χ0v) is 32.4. The van der Waals surface area contributed by atoms with Gasteiger partial charge in [-0.25, -0.2) is 0 Å². The van der Waals surface area contributed by atoms with Crippen molar-refractivity contribution in [2.75, 3.05) is 52.3 Å². The number of fused-ring (bicyclic) bond motifs is 2. The number of ether oxygens (including phenoxy) is 1. The lowest BCUT2D eigenvalue weighted by atomic mass is 9.45. The standard InChI is InChI=1S/C41H59N5O7/c1-24-32-20-29(41(32,3)4)21-33(24)43-40(51)37-36(25(2)48)34(23-47)53-46(37)22-26-11-8-12-31(38(26)52-7)27-17-28(19-30(18-27)44(5)6)39(50)42-14-10-16-45-15-9-13-35(45)49/h8,11-12,17-19,24-25,29,32-34,36-37,47-48H,9-10,13-16,20-23H2,1-7H3,(H,42,50)(H,43,51)/t24-,25-,29+,32-,33-,34-,36+,37-/m0/s1. The van der Waals surface area contributed by atoms with E-state index in [-0.39, 0.29) is 42.3 Å². The van der Waals surface area contributed by atoms with Gasteiger partial charge in [-0.2, -0.15) is 5.06 Å². The van der Waals surface area contributed by atoms with Crippen molar-refractivity contribution >= 4 is 23.4 Å². The number of carbonyl (C=O) groups is 3. The Morgan fingerprint density at radius 2 is 1.94 bits per heavy atom. The Labute approximate surface area is 314 Å². The predicted molar refractivity (Wildman–Crippen MR) is 203 cm³/mol. The molecule has 7 rings (SSSR count). The van der Waals surface area contributed by atoms with E-state index in [1.807, 2.05) is 60.3 Å². The monoisotopic (exact) mass is 733 g/mol. The molecule has 0 unspecified atom stereocenters. The lowest BCUT2D eigenvalue weighted by Crippen LogP contribution is -2.62. The van der Waals surface area contributed by atoms with E-state index in [9.17, 15) is 24.6 Å². The van der Waals surface area contributed by atoms with Crippen LogP contribution < -0.4 is 20.3 Å². The maximum atomic E-state index is 14.2. The van der Waals surface area contributed by atoms with Crippen LogP contribution in [-0.4, -0.2) is 110 Å². The summed E-state index contributed by atoms with van der Waals surface area (Å²) in [4.78, 5) is 49.7. The average molecular weight is 734 g/mol. The highest BCUT2D eigenvalue weighted by atomic mass is 16.7. The number of methoxy groups -OCH3 is 1. The highest BCUT2D eigenvalue weighted by Crippen LogP contribution is 2.61. The first-order valence-corrected chi connectivity index (χ1v) is 19.3. The number of rotatable bonds is 14. The first kappa shape index (κ1) is 39.0. The number of hydrogen-bond donors (Lipinski definition) is 4. The van der Waals surface area contributed by atoms with Gasteiger partial charge in [0.05, 0.1) is 26.4 Å². The number of hydroxylamine groups is 2. The zero-order chi connectivity index (χ0) is 38.2. The van der Waals surface area contributed by atoms with Crippen LogP contribution in [0.1, 0.15) is 75.7 Å². The first-order chi connectivity index (χ1) is 25.2. The number of benzene rings is 2. The number of aliphatic hydroxyl groups is 2. The van der Waals surface area contributed by atoms with Gasteiger partial charge in [-0.05, 0) is 79.5 Å². The van der Waals surface area contributed by atoms with Crippen LogP contribution >= 0.6 is 0 Å². The number of amides is 3. The largest absolute Gasteiger partial charge is 0.496 e. The van der Waals surface area contributed by atoms with E-state index in [0.717, 1.165) is 41.8 Å². The molecule has 0 spiro atoms. The van der Waals surface area contributed by atoms with Gasteiger partial charge in [0.2, 0.25) is 11.8 Å². The summed E-state index contributed by atoms with van der Waals surface area (Å²) in [5, 5.41) is 29.2. The van der Waals surface area contributed by atoms with Crippen LogP contribution in [0, 0.1) is 29.1 Å². The Morgan fingerprint density at radius 3 is 2.57 bits per heavy atom. The molecule has 290 valence electrons. The topological polar surface area (TPSA) is 144 Å². The van der Waals surface area contributed by atoms with Crippen molar-refractivity contribution in [3.05, 3.63) is 47.5 Å². The van der Waals surface area contributed by atoms with Crippen molar-refractivity contribution in [1.29, 1.82) is 0 Å². The number of anilines is 1. The van der Waals surface area contributed by atoms with Crippen molar-refractivity contribution in [3.8, 4) is 16.9 Å². The molecule has 2 saturated heterocycles. The molecule has 3 aliphatic carbocycles. The van der Waals surface area contributed by atoms with Crippen molar-refractivity contribution in [2.45, 2.75) is 90.6 Å². The Morgan fingerprint density at radius 1 is 1.17 bits per heavy atom. The molecule has 0 radical (unpaired) electrons. The molecule has 12 nitrogen and oxygen atoms in total. The number of nitrogens with zero attached hydrogens (tertiary/aromatic N) is 3. The number of para-hydroxylation sites is 1. The van der Waals surface area contributed by atoms with E-state index in [0.29, 0.717) is 55.0 Å². The third-order valence-corrected chi connectivity index (χ3v) is 12.8. The molecular formula is C41H59N5O7. The number of carbonyl (C=O) groups excluding carboxylic acids is 3. The van der Waals surface area contributed by atoms with Crippen molar-refractivity contribution in [1.82, 2.24) is 20.6 Å². The predicted octanol–water partition coefficient (Wildman–Crippen LogP) is 3.83. The maximum absolute atomic E-state index is 14.2. The molecule has 5 aliphatic rings. The number of nitrogens with one attached hydrogen (secondary N) is 2. The summed E-state index contributed by atoms with van der Waals surface area (Å²) >= 11 is 0. The molecule has 5 fully saturated rings. The van der Waals surface area contributed by atoms with E-state index in [1.165, 1.54) is 6.42 Å². The minimum Gasteiger partial charge on any atom is -0.496 e. The van der Waals surface area contributed by atoms with E-state index < -0.39 is 24.2 Å². The van der Waals surface area contributed by atoms with Crippen LogP contribution in [-0.2, 0) is 21.0 Å². The van der Waals surface area contributed by atoms with E-state index in [1.54, 1.807) is 19.1 Å². The highest BCUT2D eigenvalue weighted by molar-refractivity contribution is 5.97. The molecular weight excluding hydrogens is 674 g/mol. The molecule has 2 aliphatic heterocycles. The fraction of sp³-hybridized carbons (Fsp3) is 0.634. The Balaban J connectivity index is 1.23. The zero-order valence-electron chi connectivity index (χ0n) is 32.4. The molecule has 2 heterocycles. The van der Waals surface area contributed by atoms with Gasteiger partial charge in [0, 0.05) is 74.5 Å². The van der Waals surface area contributed by atoms with Crippen LogP contribution in [0.3, 0.4) is 0 Å². The SMILES string of the molecule is COc1c(CN2O[C@@H](CO)[C@@H]([C@H](C)O)[C@H]2C(=O)N[C@H]2C[C@H]3C[C@@H]([C@@H]2C)C3(C)C)cccc1-c1cc(C(=O)NCCCN2CCCC2=O)cc(N(C)C)c1. The van der Waals surface area contributed by atoms with Crippen LogP contribution in [0.25, 0.3) is 11.1 Å². The van der Waals surface area contributed by atoms with Crippen molar-refractivity contribution < 1.29 is 34.2 Å². The molecule has 53 heavy (non-hydrogen) atoms. The molecule has 3 saturated carbocycles. The molecule has 0 aromatic heterocycles. The Hall–Kier alpha value is -3.71. The maximum Gasteiger partial charge on any atom is 0.251 e. The number of aliphatic hydroxyl groups excluding tert-OH is 2. The molecule has 2 aromatic rings. The van der Waals surface area contributed by atoms with E-state index in [4.69, 9.17) is 9.57 Å². The summed E-state index contributed by atoms with van der Waals surface area (Å²) in [6.45, 7) is 10.2. The molecule has 12 heteroatoms. The van der Waals surface area contributed by atoms with Crippen LogP contribution in [0.4, 0.5) is 5.69 Å². The molecule has 4 N–H and O–H groups in total. The summed E-state index contributed by atoms with van der Waals surface area (Å²) in [7, 11) is 5.44. The Kier molecular flexibility index (Phi) is 11.7. The third-order valence-electron chi connectivity index (χ3n) is 12.8.